The van der Waals surface area contributed by atoms with Crippen LogP contribution in [-0.4, -0.2) is 42.3 Å². The Labute approximate surface area is 110 Å². The number of nitrogens with zero attached hydrogens (tertiary/aromatic N) is 1. The van der Waals surface area contributed by atoms with E-state index in [1.165, 1.54) is 4.90 Å². The number of nitrogens with one attached hydrogen (secondary N) is 2. The first-order chi connectivity index (χ1) is 9.10. The lowest BCUT2D eigenvalue weighted by Gasteiger charge is -2.25. The summed E-state index contributed by atoms with van der Waals surface area (Å²) in [5, 5.41) is 5.28. The quantitative estimate of drug-likeness (QED) is 0.763. The molecule has 19 heavy (non-hydrogen) atoms. The maximum atomic E-state index is 12.1. The molecule has 100 valence electrons. The first-order valence-corrected chi connectivity index (χ1v) is 6.06. The van der Waals surface area contributed by atoms with E-state index < -0.39 is 11.8 Å². The van der Waals surface area contributed by atoms with Crippen LogP contribution < -0.4 is 10.6 Å². The maximum Gasteiger partial charge on any atom is 0.254 e. The molecule has 1 aromatic rings. The molecule has 0 bridgehead atoms. The van der Waals surface area contributed by atoms with Crippen molar-refractivity contribution in [3.63, 3.8) is 0 Å². The van der Waals surface area contributed by atoms with Crippen LogP contribution in [0.3, 0.4) is 0 Å². The number of benzene rings is 1. The maximum absolute atomic E-state index is 12.1. The molecular formula is C13H15N3O3. The summed E-state index contributed by atoms with van der Waals surface area (Å²) in [6, 6.07) is 6.94. The molecule has 1 fully saturated rings. The third-order valence-electron chi connectivity index (χ3n) is 2.75. The molecule has 0 spiro atoms. The number of hydrogen-bond acceptors (Lipinski definition) is 4. The van der Waals surface area contributed by atoms with Crippen LogP contribution in [0.5, 0.6) is 0 Å². The summed E-state index contributed by atoms with van der Waals surface area (Å²) < 4.78 is 0. The van der Waals surface area contributed by atoms with Gasteiger partial charge < -0.3 is 10.2 Å². The minimum Gasteiger partial charge on any atom is -0.385 e. The van der Waals surface area contributed by atoms with Crippen LogP contribution in [0.15, 0.2) is 24.3 Å². The van der Waals surface area contributed by atoms with Gasteiger partial charge in [-0.1, -0.05) is 0 Å². The summed E-state index contributed by atoms with van der Waals surface area (Å²) in [5.74, 6) is -1.21. The van der Waals surface area contributed by atoms with Crippen molar-refractivity contribution in [1.82, 2.24) is 10.2 Å². The Morgan fingerprint density at radius 3 is 2.32 bits per heavy atom. The summed E-state index contributed by atoms with van der Waals surface area (Å²) in [5.41, 5.74) is 1.38. The number of anilines is 1. The average molecular weight is 261 g/mol. The van der Waals surface area contributed by atoms with Crippen LogP contribution in [0, 0.1) is 0 Å². The fourth-order valence-electron chi connectivity index (χ4n) is 1.90. The molecule has 6 heteroatoms. The molecule has 0 aromatic heterocycles. The predicted molar refractivity (Wildman–Crippen MR) is 69.7 cm³/mol. The normalized spacial score (nSPS) is 15.1. The van der Waals surface area contributed by atoms with Crippen molar-refractivity contribution in [2.24, 2.45) is 0 Å². The highest BCUT2D eigenvalue weighted by molar-refractivity contribution is 6.05. The van der Waals surface area contributed by atoms with Gasteiger partial charge >= 0.3 is 0 Å². The monoisotopic (exact) mass is 261 g/mol. The molecule has 2 rings (SSSR count). The number of imide groups is 1. The van der Waals surface area contributed by atoms with Crippen molar-refractivity contribution < 1.29 is 14.4 Å². The van der Waals surface area contributed by atoms with Crippen LogP contribution in [0.2, 0.25) is 0 Å². The molecule has 0 atom stereocenters. The molecule has 1 heterocycles. The highest BCUT2D eigenvalue weighted by atomic mass is 16.2. The first-order valence-electron chi connectivity index (χ1n) is 6.06. The molecule has 1 aromatic carbocycles. The van der Waals surface area contributed by atoms with Gasteiger partial charge in [-0.05, 0) is 31.2 Å². The van der Waals surface area contributed by atoms with Crippen LogP contribution in [-0.2, 0) is 9.59 Å². The Hall–Kier alpha value is -2.37. The zero-order valence-electron chi connectivity index (χ0n) is 10.6. The number of hydrogen-bond donors (Lipinski definition) is 2. The number of rotatable bonds is 3. The highest BCUT2D eigenvalue weighted by Crippen LogP contribution is 2.12. The van der Waals surface area contributed by atoms with Crippen LogP contribution >= 0.6 is 0 Å². The fraction of sp³-hybridized carbons (Fsp3) is 0.308. The van der Waals surface area contributed by atoms with Gasteiger partial charge in [-0.2, -0.15) is 0 Å². The molecule has 6 nitrogen and oxygen atoms in total. The average Bonchev–Trinajstić information content (AvgIpc) is 2.38. The van der Waals surface area contributed by atoms with E-state index in [4.69, 9.17) is 0 Å². The van der Waals surface area contributed by atoms with E-state index in [0.717, 1.165) is 12.2 Å². The molecule has 2 N–H and O–H groups in total. The Bertz CT molecular complexity index is 494. The Kier molecular flexibility index (Phi) is 3.79. The van der Waals surface area contributed by atoms with Gasteiger partial charge in [0.15, 0.2) is 0 Å². The van der Waals surface area contributed by atoms with E-state index in [0.29, 0.717) is 5.56 Å². The first kappa shape index (κ1) is 13.1. The Balaban J connectivity index is 2.10. The van der Waals surface area contributed by atoms with E-state index in [-0.39, 0.29) is 19.0 Å². The molecular weight excluding hydrogens is 246 g/mol. The summed E-state index contributed by atoms with van der Waals surface area (Å²) in [7, 11) is 0. The molecule has 1 saturated heterocycles. The standard InChI is InChI=1S/C13H15N3O3/c1-2-14-10-5-3-9(4-6-10)13(19)16-7-11(17)15-12(18)8-16/h3-6,14H,2,7-8H2,1H3,(H,15,17,18). The van der Waals surface area contributed by atoms with Gasteiger partial charge in [-0.3, -0.25) is 19.7 Å². The van der Waals surface area contributed by atoms with Crippen molar-refractivity contribution in [2.45, 2.75) is 6.92 Å². The summed E-state index contributed by atoms with van der Waals surface area (Å²) in [4.78, 5) is 35.8. The Morgan fingerprint density at radius 2 is 1.79 bits per heavy atom. The summed E-state index contributed by atoms with van der Waals surface area (Å²) in [6.45, 7) is 2.62. The third kappa shape index (κ3) is 3.09. The van der Waals surface area contributed by atoms with Crippen LogP contribution in [0.1, 0.15) is 17.3 Å². The molecule has 0 aliphatic carbocycles. The number of amides is 3. The second-order valence-electron chi connectivity index (χ2n) is 4.24. The fourth-order valence-corrected chi connectivity index (χ4v) is 1.90. The lowest BCUT2D eigenvalue weighted by Crippen LogP contribution is -2.53. The van der Waals surface area contributed by atoms with Crippen LogP contribution in [0.4, 0.5) is 5.69 Å². The minimum absolute atomic E-state index is 0.0838. The van der Waals surface area contributed by atoms with Gasteiger partial charge in [0.05, 0.1) is 0 Å². The van der Waals surface area contributed by atoms with Crippen LogP contribution in [0.25, 0.3) is 0 Å². The van der Waals surface area contributed by atoms with Crippen molar-refractivity contribution >= 4 is 23.4 Å². The van der Waals surface area contributed by atoms with Gasteiger partial charge in [0.2, 0.25) is 11.8 Å². The molecule has 0 radical (unpaired) electrons. The van der Waals surface area contributed by atoms with Gasteiger partial charge in [0.25, 0.3) is 5.91 Å². The van der Waals surface area contributed by atoms with Gasteiger partial charge in [-0.15, -0.1) is 0 Å². The molecule has 0 unspecified atom stereocenters. The lowest BCUT2D eigenvalue weighted by molar-refractivity contribution is -0.135. The topological polar surface area (TPSA) is 78.5 Å². The van der Waals surface area contributed by atoms with E-state index in [1.54, 1.807) is 24.3 Å². The van der Waals surface area contributed by atoms with E-state index in [9.17, 15) is 14.4 Å². The van der Waals surface area contributed by atoms with Gasteiger partial charge in [-0.25, -0.2) is 0 Å². The smallest absolute Gasteiger partial charge is 0.254 e. The number of carbonyl (C=O) groups is 3. The minimum atomic E-state index is -0.450. The molecule has 1 aliphatic heterocycles. The molecule has 0 saturated carbocycles. The number of piperazine rings is 1. The molecule has 1 aliphatic rings. The summed E-state index contributed by atoms with van der Waals surface area (Å²) in [6.07, 6.45) is 0. The van der Waals surface area contributed by atoms with Crippen molar-refractivity contribution in [3.05, 3.63) is 29.8 Å². The molecule has 3 amide bonds. The predicted octanol–water partition coefficient (Wildman–Crippen LogP) is 0.217. The SMILES string of the molecule is CCNc1ccc(C(=O)N2CC(=O)NC(=O)C2)cc1. The summed E-state index contributed by atoms with van der Waals surface area (Å²) >= 11 is 0. The van der Waals surface area contributed by atoms with E-state index in [2.05, 4.69) is 10.6 Å². The van der Waals surface area contributed by atoms with Gasteiger partial charge in [0, 0.05) is 17.8 Å². The number of carbonyl (C=O) groups excluding carboxylic acids is 3. The Morgan fingerprint density at radius 1 is 1.21 bits per heavy atom. The lowest BCUT2D eigenvalue weighted by atomic mass is 10.1. The second-order valence-corrected chi connectivity index (χ2v) is 4.24. The zero-order chi connectivity index (χ0) is 13.8. The second kappa shape index (κ2) is 5.51. The van der Waals surface area contributed by atoms with Gasteiger partial charge in [0.1, 0.15) is 13.1 Å². The van der Waals surface area contributed by atoms with Crippen molar-refractivity contribution in [2.75, 3.05) is 25.0 Å². The van der Waals surface area contributed by atoms with Crippen molar-refractivity contribution in [1.29, 1.82) is 0 Å². The van der Waals surface area contributed by atoms with E-state index in [1.807, 2.05) is 6.92 Å². The zero-order valence-corrected chi connectivity index (χ0v) is 10.6. The van der Waals surface area contributed by atoms with Crippen molar-refractivity contribution in [3.8, 4) is 0 Å². The largest absolute Gasteiger partial charge is 0.385 e. The third-order valence-corrected chi connectivity index (χ3v) is 2.75. The highest BCUT2D eigenvalue weighted by Gasteiger charge is 2.26. The van der Waals surface area contributed by atoms with E-state index >= 15 is 0 Å².